The number of imidazole rings is 1. The van der Waals surface area contributed by atoms with Crippen molar-refractivity contribution in [3.05, 3.63) is 30.1 Å². The number of ether oxygens (including phenoxy) is 2. The molecule has 1 aromatic carbocycles. The summed E-state index contributed by atoms with van der Waals surface area (Å²) in [6.45, 7) is 4.71. The molecule has 0 bridgehead atoms. The predicted molar refractivity (Wildman–Crippen MR) is 79.3 cm³/mol. The van der Waals surface area contributed by atoms with Crippen molar-refractivity contribution in [2.24, 2.45) is 5.73 Å². The number of benzene rings is 1. The lowest BCUT2D eigenvalue weighted by Crippen LogP contribution is -2.07. The fourth-order valence-electron chi connectivity index (χ4n) is 1.66. The molecule has 0 saturated heterocycles. The number of aromatic amines is 1. The molecule has 0 radical (unpaired) electrons. The summed E-state index contributed by atoms with van der Waals surface area (Å²) in [5.74, 6) is 0.975. The van der Waals surface area contributed by atoms with Crippen molar-refractivity contribution in [2.45, 2.75) is 13.3 Å². The molecule has 0 aliphatic carbocycles. The van der Waals surface area contributed by atoms with E-state index in [1.807, 2.05) is 31.2 Å². The first kappa shape index (κ1) is 16.9. The Morgan fingerprint density at radius 2 is 1.95 bits per heavy atom. The Morgan fingerprint density at radius 3 is 2.62 bits per heavy atom. The average molecular weight is 295 g/mol. The van der Waals surface area contributed by atoms with Crippen LogP contribution >= 0.6 is 0 Å². The molecule has 0 unspecified atom stereocenters. The third-order valence-electron chi connectivity index (χ3n) is 2.50. The first-order chi connectivity index (χ1) is 10.1. The van der Waals surface area contributed by atoms with Crippen molar-refractivity contribution in [3.63, 3.8) is 0 Å². The maximum Gasteiger partial charge on any atom is 0.402 e. The number of rotatable bonds is 7. The van der Waals surface area contributed by atoms with Crippen LogP contribution in [0.1, 0.15) is 12.7 Å². The van der Waals surface area contributed by atoms with Crippen LogP contribution in [0.5, 0.6) is 0 Å². The molecule has 2 aromatic rings. The minimum atomic E-state index is -1.33. The topological polar surface area (TPSA) is 110 Å². The second kappa shape index (κ2) is 9.73. The van der Waals surface area contributed by atoms with Crippen molar-refractivity contribution >= 4 is 17.1 Å². The summed E-state index contributed by atoms with van der Waals surface area (Å²) in [4.78, 5) is 16.5. The van der Waals surface area contributed by atoms with Crippen LogP contribution in [0.15, 0.2) is 24.3 Å². The van der Waals surface area contributed by atoms with E-state index >= 15 is 0 Å². The number of nitrogens with two attached hydrogens (primary N) is 1. The third-order valence-corrected chi connectivity index (χ3v) is 2.50. The van der Waals surface area contributed by atoms with E-state index in [9.17, 15) is 0 Å². The fraction of sp³-hybridized carbons (Fsp3) is 0.429. The number of fused-ring (bicyclic) bond motifs is 1. The van der Waals surface area contributed by atoms with Gasteiger partial charge in [-0.2, -0.15) is 0 Å². The van der Waals surface area contributed by atoms with Crippen LogP contribution < -0.4 is 5.73 Å². The van der Waals surface area contributed by atoms with Gasteiger partial charge in [0.15, 0.2) is 0 Å². The van der Waals surface area contributed by atoms with Gasteiger partial charge in [0.1, 0.15) is 5.82 Å². The van der Waals surface area contributed by atoms with E-state index in [1.165, 1.54) is 0 Å². The van der Waals surface area contributed by atoms with E-state index in [-0.39, 0.29) is 0 Å². The van der Waals surface area contributed by atoms with Crippen LogP contribution in [-0.2, 0) is 15.9 Å². The number of hydrogen-bond donors (Lipinski definition) is 3. The predicted octanol–water partition coefficient (Wildman–Crippen LogP) is 1.78. The molecule has 2 rings (SSSR count). The highest BCUT2D eigenvalue weighted by Crippen LogP contribution is 2.10. The van der Waals surface area contributed by atoms with E-state index < -0.39 is 6.09 Å². The number of nitrogens with zero attached hydrogens (tertiary/aromatic N) is 1. The lowest BCUT2D eigenvalue weighted by atomic mass is 10.3. The van der Waals surface area contributed by atoms with Gasteiger partial charge in [0.25, 0.3) is 0 Å². The number of amides is 1. The maximum absolute atomic E-state index is 8.78. The van der Waals surface area contributed by atoms with E-state index in [0.717, 1.165) is 29.9 Å². The minimum absolute atomic E-state index is 0.647. The Morgan fingerprint density at radius 1 is 1.29 bits per heavy atom. The Labute approximate surface area is 123 Å². The van der Waals surface area contributed by atoms with Gasteiger partial charge in [-0.25, -0.2) is 9.78 Å². The second-order valence-electron chi connectivity index (χ2n) is 4.10. The molecular formula is C14H21N3O4. The molecule has 7 heteroatoms. The van der Waals surface area contributed by atoms with Gasteiger partial charge in [0.2, 0.25) is 0 Å². The molecular weight excluding hydrogens is 274 g/mol. The van der Waals surface area contributed by atoms with Gasteiger partial charge in [-0.15, -0.1) is 0 Å². The van der Waals surface area contributed by atoms with E-state index in [0.29, 0.717) is 19.8 Å². The number of H-pyrrole nitrogens is 1. The lowest BCUT2D eigenvalue weighted by Gasteiger charge is -2.02. The summed E-state index contributed by atoms with van der Waals surface area (Å²) in [6, 6.07) is 8.03. The molecule has 1 aromatic heterocycles. The van der Waals surface area contributed by atoms with Gasteiger partial charge in [-0.05, 0) is 19.1 Å². The number of aromatic nitrogens is 2. The number of para-hydroxylation sites is 2. The summed E-state index contributed by atoms with van der Waals surface area (Å²) >= 11 is 0. The van der Waals surface area contributed by atoms with Crippen LogP contribution in [0.3, 0.4) is 0 Å². The first-order valence-electron chi connectivity index (χ1n) is 6.71. The van der Waals surface area contributed by atoms with Crippen molar-refractivity contribution in [3.8, 4) is 0 Å². The highest BCUT2D eigenvalue weighted by molar-refractivity contribution is 5.74. The normalized spacial score (nSPS) is 10.1. The SMILES string of the molecule is CCOCCOCCc1nc2ccccc2[nH]1.NC(=O)O. The van der Waals surface area contributed by atoms with Crippen LogP contribution in [-0.4, -0.2) is 47.6 Å². The fourth-order valence-corrected chi connectivity index (χ4v) is 1.66. The van der Waals surface area contributed by atoms with E-state index in [4.69, 9.17) is 19.4 Å². The molecule has 1 amide bonds. The molecule has 21 heavy (non-hydrogen) atoms. The molecule has 116 valence electrons. The number of primary amides is 1. The zero-order valence-corrected chi connectivity index (χ0v) is 12.0. The lowest BCUT2D eigenvalue weighted by molar-refractivity contribution is 0.0537. The number of hydrogen-bond acceptors (Lipinski definition) is 4. The van der Waals surface area contributed by atoms with Crippen LogP contribution in [0.25, 0.3) is 11.0 Å². The number of carboxylic acid groups (broad SMARTS) is 1. The summed E-state index contributed by atoms with van der Waals surface area (Å²) < 4.78 is 10.6. The molecule has 0 atom stereocenters. The smallest absolute Gasteiger partial charge is 0.402 e. The molecule has 0 aliphatic rings. The summed E-state index contributed by atoms with van der Waals surface area (Å²) in [5, 5.41) is 7.19. The van der Waals surface area contributed by atoms with Gasteiger partial charge in [-0.1, -0.05) is 12.1 Å². The van der Waals surface area contributed by atoms with Crippen molar-refractivity contribution in [1.29, 1.82) is 0 Å². The Bertz CT molecular complexity index is 505. The van der Waals surface area contributed by atoms with Crippen LogP contribution in [0.2, 0.25) is 0 Å². The van der Waals surface area contributed by atoms with E-state index in [2.05, 4.69) is 15.7 Å². The minimum Gasteiger partial charge on any atom is -0.465 e. The third kappa shape index (κ3) is 7.28. The Balaban J connectivity index is 0.000000491. The molecule has 1 heterocycles. The standard InChI is InChI=1S/C13H18N2O2.CH3NO2/c1-2-16-9-10-17-8-7-13-14-11-5-3-4-6-12(11)15-13;2-1(3)4/h3-6H,2,7-10H2,1H3,(H,14,15);2H2,(H,3,4). The Hall–Kier alpha value is -2.12. The summed E-state index contributed by atoms with van der Waals surface area (Å²) in [5.41, 5.74) is 6.12. The highest BCUT2D eigenvalue weighted by Gasteiger charge is 2.01. The summed E-state index contributed by atoms with van der Waals surface area (Å²) in [6.07, 6.45) is -0.527. The maximum atomic E-state index is 8.78. The van der Waals surface area contributed by atoms with Gasteiger partial charge in [0, 0.05) is 13.0 Å². The number of nitrogens with one attached hydrogen (secondary N) is 1. The molecule has 0 saturated carbocycles. The molecule has 0 aliphatic heterocycles. The van der Waals surface area contributed by atoms with Crippen molar-refractivity contribution < 1.29 is 19.4 Å². The molecule has 7 nitrogen and oxygen atoms in total. The van der Waals surface area contributed by atoms with Gasteiger partial charge < -0.3 is 25.3 Å². The molecule has 0 fully saturated rings. The quantitative estimate of drug-likeness (QED) is 0.674. The summed E-state index contributed by atoms with van der Waals surface area (Å²) in [7, 11) is 0. The number of carbonyl (C=O) groups is 1. The Kier molecular flexibility index (Phi) is 7.85. The van der Waals surface area contributed by atoms with Crippen molar-refractivity contribution in [1.82, 2.24) is 9.97 Å². The van der Waals surface area contributed by atoms with Gasteiger partial charge in [-0.3, -0.25) is 0 Å². The second-order valence-corrected chi connectivity index (χ2v) is 4.10. The van der Waals surface area contributed by atoms with Gasteiger partial charge in [0.05, 0.1) is 30.9 Å². The van der Waals surface area contributed by atoms with Crippen molar-refractivity contribution in [2.75, 3.05) is 26.4 Å². The molecule has 4 N–H and O–H groups in total. The molecule has 0 spiro atoms. The first-order valence-corrected chi connectivity index (χ1v) is 6.71. The average Bonchev–Trinajstić information content (AvgIpc) is 2.84. The van der Waals surface area contributed by atoms with E-state index in [1.54, 1.807) is 0 Å². The monoisotopic (exact) mass is 295 g/mol. The van der Waals surface area contributed by atoms with Crippen LogP contribution in [0.4, 0.5) is 4.79 Å². The highest BCUT2D eigenvalue weighted by atomic mass is 16.5. The zero-order chi connectivity index (χ0) is 15.5. The largest absolute Gasteiger partial charge is 0.465 e. The van der Waals surface area contributed by atoms with Gasteiger partial charge >= 0.3 is 6.09 Å². The zero-order valence-electron chi connectivity index (χ0n) is 12.0. The van der Waals surface area contributed by atoms with Crippen LogP contribution in [0, 0.1) is 0 Å².